The van der Waals surface area contributed by atoms with Crippen molar-refractivity contribution >= 4 is 23.7 Å². The lowest BCUT2D eigenvalue weighted by atomic mass is 9.97. The summed E-state index contributed by atoms with van der Waals surface area (Å²) in [4.78, 5) is 46.6. The third-order valence-electron chi connectivity index (χ3n) is 3.04. The first-order valence-electron chi connectivity index (χ1n) is 5.79. The van der Waals surface area contributed by atoms with Gasteiger partial charge in [-0.1, -0.05) is 0 Å². The highest BCUT2D eigenvalue weighted by atomic mass is 16.4. The molecule has 1 aliphatic rings. The molecular weight excluding hydrogens is 254 g/mol. The van der Waals surface area contributed by atoms with Gasteiger partial charge in [0.2, 0.25) is 11.8 Å². The van der Waals surface area contributed by atoms with Crippen molar-refractivity contribution in [3.8, 4) is 0 Å². The molecule has 8 heteroatoms. The molecule has 0 aromatic carbocycles. The second kappa shape index (κ2) is 5.35. The van der Waals surface area contributed by atoms with E-state index in [0.717, 1.165) is 4.90 Å². The van der Waals surface area contributed by atoms with Gasteiger partial charge in [-0.05, 0) is 20.3 Å². The summed E-state index contributed by atoms with van der Waals surface area (Å²) in [5.74, 6) is -2.82. The number of nitrogens with two attached hydrogens (primary N) is 1. The fraction of sp³-hybridized carbons (Fsp3) is 0.636. The molecule has 1 atom stereocenters. The molecule has 0 aromatic heterocycles. The number of carboxylic acids is 1. The van der Waals surface area contributed by atoms with Crippen LogP contribution in [0.15, 0.2) is 0 Å². The molecule has 8 nitrogen and oxygen atoms in total. The van der Waals surface area contributed by atoms with Crippen molar-refractivity contribution in [3.05, 3.63) is 0 Å². The Balaban J connectivity index is 2.81. The van der Waals surface area contributed by atoms with Crippen molar-refractivity contribution in [1.29, 1.82) is 0 Å². The zero-order chi connectivity index (χ0) is 14.8. The van der Waals surface area contributed by atoms with Crippen LogP contribution in [-0.4, -0.2) is 51.8 Å². The smallest absolute Gasteiger partial charge is 0.303 e. The van der Waals surface area contributed by atoms with Crippen LogP contribution in [0.3, 0.4) is 0 Å². The van der Waals surface area contributed by atoms with Crippen molar-refractivity contribution in [2.24, 2.45) is 5.73 Å². The number of hydrogen-bond donors (Lipinski definition) is 3. The zero-order valence-corrected chi connectivity index (χ0v) is 10.8. The summed E-state index contributed by atoms with van der Waals surface area (Å²) in [5, 5.41) is 10.7. The first kappa shape index (κ1) is 15.1. The van der Waals surface area contributed by atoms with E-state index in [9.17, 15) is 19.2 Å². The van der Waals surface area contributed by atoms with E-state index in [2.05, 4.69) is 5.32 Å². The maximum atomic E-state index is 12.1. The lowest BCUT2D eigenvalue weighted by Gasteiger charge is -2.41. The number of aliphatic carboxylic acids is 1. The molecule has 0 radical (unpaired) electrons. The quantitative estimate of drug-likeness (QED) is 0.530. The fourth-order valence-electron chi connectivity index (χ4n) is 1.74. The molecule has 1 heterocycles. The van der Waals surface area contributed by atoms with E-state index in [-0.39, 0.29) is 19.4 Å². The summed E-state index contributed by atoms with van der Waals surface area (Å²) in [6, 6.07) is -1.05. The Bertz CT molecular complexity index is 432. The SMILES string of the molecule is CC1(C)C(=O)NC(=O)CN1C(=O)C(N)CCC(=O)O. The second-order valence-corrected chi connectivity index (χ2v) is 4.90. The molecule has 0 aliphatic carbocycles. The molecule has 4 N–H and O–H groups in total. The van der Waals surface area contributed by atoms with E-state index in [1.807, 2.05) is 0 Å². The summed E-state index contributed by atoms with van der Waals surface area (Å²) < 4.78 is 0. The molecule has 19 heavy (non-hydrogen) atoms. The molecule has 1 fully saturated rings. The normalized spacial score (nSPS) is 19.8. The van der Waals surface area contributed by atoms with Gasteiger partial charge in [-0.2, -0.15) is 0 Å². The first-order chi connectivity index (χ1) is 8.66. The molecule has 0 saturated carbocycles. The minimum Gasteiger partial charge on any atom is -0.481 e. The van der Waals surface area contributed by atoms with Crippen LogP contribution in [0, 0.1) is 0 Å². The van der Waals surface area contributed by atoms with Crippen LogP contribution in [0.5, 0.6) is 0 Å². The van der Waals surface area contributed by atoms with Gasteiger partial charge in [0.05, 0.1) is 6.04 Å². The summed E-state index contributed by atoms with van der Waals surface area (Å²) in [6.45, 7) is 2.73. The van der Waals surface area contributed by atoms with E-state index in [1.54, 1.807) is 0 Å². The predicted octanol–water partition coefficient (Wildman–Crippen LogP) is -1.56. The summed E-state index contributed by atoms with van der Waals surface area (Å²) in [6.07, 6.45) is -0.294. The Morgan fingerprint density at radius 3 is 2.58 bits per heavy atom. The van der Waals surface area contributed by atoms with Crippen molar-refractivity contribution in [3.63, 3.8) is 0 Å². The maximum absolute atomic E-state index is 12.1. The number of amides is 3. The van der Waals surface area contributed by atoms with E-state index < -0.39 is 35.3 Å². The largest absolute Gasteiger partial charge is 0.481 e. The number of carboxylic acid groups (broad SMARTS) is 1. The number of carbonyl (C=O) groups excluding carboxylic acids is 3. The predicted molar refractivity (Wildman–Crippen MR) is 63.8 cm³/mol. The number of nitrogens with zero attached hydrogens (tertiary/aromatic N) is 1. The molecule has 106 valence electrons. The summed E-state index contributed by atoms with van der Waals surface area (Å²) >= 11 is 0. The average Bonchev–Trinajstić information content (AvgIpc) is 2.30. The van der Waals surface area contributed by atoms with Gasteiger partial charge >= 0.3 is 5.97 Å². The first-order valence-corrected chi connectivity index (χ1v) is 5.79. The Hall–Kier alpha value is -1.96. The molecule has 3 amide bonds. The van der Waals surface area contributed by atoms with E-state index in [1.165, 1.54) is 13.8 Å². The molecular formula is C11H17N3O5. The number of imide groups is 1. The Morgan fingerprint density at radius 2 is 2.05 bits per heavy atom. The summed E-state index contributed by atoms with van der Waals surface area (Å²) in [7, 11) is 0. The minimum atomic E-state index is -1.19. The van der Waals surface area contributed by atoms with E-state index in [0.29, 0.717) is 0 Å². The van der Waals surface area contributed by atoms with Gasteiger partial charge < -0.3 is 15.7 Å². The number of carbonyl (C=O) groups is 4. The molecule has 0 spiro atoms. The molecule has 1 saturated heterocycles. The highest BCUT2D eigenvalue weighted by molar-refractivity contribution is 6.06. The summed E-state index contributed by atoms with van der Waals surface area (Å²) in [5.41, 5.74) is 4.42. The van der Waals surface area contributed by atoms with Crippen LogP contribution in [0.2, 0.25) is 0 Å². The number of nitrogens with one attached hydrogen (secondary N) is 1. The van der Waals surface area contributed by atoms with Crippen molar-refractivity contribution in [1.82, 2.24) is 10.2 Å². The van der Waals surface area contributed by atoms with Gasteiger partial charge in [0.1, 0.15) is 12.1 Å². The third-order valence-corrected chi connectivity index (χ3v) is 3.04. The minimum absolute atomic E-state index is 0.0451. The lowest BCUT2D eigenvalue weighted by Crippen LogP contribution is -2.67. The van der Waals surface area contributed by atoms with Gasteiger partial charge in [0.25, 0.3) is 5.91 Å². The topological polar surface area (TPSA) is 130 Å². The van der Waals surface area contributed by atoms with Crippen LogP contribution in [0.1, 0.15) is 26.7 Å². The number of hydrogen-bond acceptors (Lipinski definition) is 5. The number of piperazine rings is 1. The van der Waals surface area contributed by atoms with Gasteiger partial charge in [-0.3, -0.25) is 24.5 Å². The number of rotatable bonds is 4. The highest BCUT2D eigenvalue weighted by Crippen LogP contribution is 2.19. The van der Waals surface area contributed by atoms with Crippen LogP contribution >= 0.6 is 0 Å². The molecule has 0 aromatic rings. The van der Waals surface area contributed by atoms with Crippen LogP contribution in [0.25, 0.3) is 0 Å². The van der Waals surface area contributed by atoms with E-state index >= 15 is 0 Å². The Morgan fingerprint density at radius 1 is 1.47 bits per heavy atom. The molecule has 0 bridgehead atoms. The fourth-order valence-corrected chi connectivity index (χ4v) is 1.74. The van der Waals surface area contributed by atoms with Gasteiger partial charge in [0, 0.05) is 6.42 Å². The maximum Gasteiger partial charge on any atom is 0.303 e. The van der Waals surface area contributed by atoms with Gasteiger partial charge in [0.15, 0.2) is 0 Å². The van der Waals surface area contributed by atoms with Crippen molar-refractivity contribution < 1.29 is 24.3 Å². The van der Waals surface area contributed by atoms with Crippen molar-refractivity contribution in [2.75, 3.05) is 6.54 Å². The zero-order valence-electron chi connectivity index (χ0n) is 10.8. The average molecular weight is 271 g/mol. The molecule has 1 aliphatic heterocycles. The van der Waals surface area contributed by atoms with Crippen LogP contribution in [-0.2, 0) is 19.2 Å². The van der Waals surface area contributed by atoms with Gasteiger partial charge in [-0.15, -0.1) is 0 Å². The molecule has 1 unspecified atom stereocenters. The van der Waals surface area contributed by atoms with Crippen molar-refractivity contribution in [2.45, 2.75) is 38.3 Å². The highest BCUT2D eigenvalue weighted by Gasteiger charge is 2.44. The van der Waals surface area contributed by atoms with Gasteiger partial charge in [-0.25, -0.2) is 0 Å². The second-order valence-electron chi connectivity index (χ2n) is 4.90. The van der Waals surface area contributed by atoms with E-state index in [4.69, 9.17) is 10.8 Å². The lowest BCUT2D eigenvalue weighted by molar-refractivity contribution is -0.156. The third kappa shape index (κ3) is 3.28. The van der Waals surface area contributed by atoms with Crippen LogP contribution < -0.4 is 11.1 Å². The Kier molecular flexibility index (Phi) is 4.25. The monoisotopic (exact) mass is 271 g/mol. The standard InChI is InChI=1S/C11H17N3O5/c1-11(2)10(19)13-7(15)5-14(11)9(18)6(12)3-4-8(16)17/h6H,3-5,12H2,1-2H3,(H,16,17)(H,13,15,19). The molecule has 1 rings (SSSR count). The Labute approximate surface area is 109 Å². The van der Waals surface area contributed by atoms with Crippen LogP contribution in [0.4, 0.5) is 0 Å².